The van der Waals surface area contributed by atoms with Crippen molar-refractivity contribution in [1.82, 2.24) is 0 Å². The molecule has 5 nitrogen and oxygen atoms in total. The second kappa shape index (κ2) is 8.94. The summed E-state index contributed by atoms with van der Waals surface area (Å²) in [6.45, 7) is 3.46. The highest BCUT2D eigenvalue weighted by molar-refractivity contribution is 5.95. The summed E-state index contributed by atoms with van der Waals surface area (Å²) < 4.78 is 33.1. The van der Waals surface area contributed by atoms with Gasteiger partial charge in [0.1, 0.15) is 23.1 Å². The average molecular weight is 362 g/mol. The van der Waals surface area contributed by atoms with E-state index in [1.807, 2.05) is 6.92 Å². The lowest BCUT2D eigenvalue weighted by Crippen LogP contribution is -2.33. The molecule has 0 bridgehead atoms. The summed E-state index contributed by atoms with van der Waals surface area (Å²) in [4.78, 5) is 24.8. The number of ether oxygens (including phenoxy) is 1. The van der Waals surface area contributed by atoms with Crippen molar-refractivity contribution in [2.24, 2.45) is 0 Å². The molecule has 0 aromatic heterocycles. The number of rotatable bonds is 7. The normalized spacial score (nSPS) is 10.3. The van der Waals surface area contributed by atoms with E-state index in [2.05, 4.69) is 5.32 Å². The van der Waals surface area contributed by atoms with Crippen LogP contribution in [0, 0.1) is 11.6 Å². The molecule has 2 aromatic rings. The fraction of sp³-hybridized carbons (Fsp3) is 0.263. The van der Waals surface area contributed by atoms with Gasteiger partial charge in [-0.15, -0.1) is 0 Å². The summed E-state index contributed by atoms with van der Waals surface area (Å²) in [5.41, 5.74) is 0.110. The minimum absolute atomic E-state index is 0.111. The van der Waals surface area contributed by atoms with Crippen molar-refractivity contribution in [3.63, 3.8) is 0 Å². The minimum Gasteiger partial charge on any atom is -0.494 e. The van der Waals surface area contributed by atoms with Crippen LogP contribution in [-0.4, -0.2) is 25.0 Å². The molecule has 7 heteroatoms. The molecule has 0 aliphatic carbocycles. The van der Waals surface area contributed by atoms with Crippen molar-refractivity contribution in [2.45, 2.75) is 20.3 Å². The zero-order valence-electron chi connectivity index (χ0n) is 14.6. The summed E-state index contributed by atoms with van der Waals surface area (Å²) in [6, 6.07) is 10.1. The maximum Gasteiger partial charge on any atom is 0.226 e. The molecule has 0 saturated carbocycles. The third kappa shape index (κ3) is 5.02. The first-order valence-corrected chi connectivity index (χ1v) is 8.17. The summed E-state index contributed by atoms with van der Waals surface area (Å²) in [7, 11) is 0. The van der Waals surface area contributed by atoms with Gasteiger partial charge in [0.05, 0.1) is 6.61 Å². The van der Waals surface area contributed by atoms with Crippen LogP contribution < -0.4 is 15.0 Å². The van der Waals surface area contributed by atoms with Gasteiger partial charge in [-0.2, -0.15) is 0 Å². The Morgan fingerprint density at radius 3 is 2.23 bits per heavy atom. The number of anilines is 2. The van der Waals surface area contributed by atoms with Crippen molar-refractivity contribution in [3.05, 3.63) is 54.1 Å². The van der Waals surface area contributed by atoms with Crippen molar-refractivity contribution in [1.29, 1.82) is 0 Å². The Labute approximate surface area is 150 Å². The van der Waals surface area contributed by atoms with Crippen LogP contribution in [0.5, 0.6) is 5.75 Å². The monoisotopic (exact) mass is 362 g/mol. The Hall–Kier alpha value is -2.96. The number of hydrogen-bond donors (Lipinski definition) is 1. The van der Waals surface area contributed by atoms with Gasteiger partial charge >= 0.3 is 0 Å². The molecule has 0 aliphatic rings. The van der Waals surface area contributed by atoms with Crippen LogP contribution in [0.15, 0.2) is 42.5 Å². The summed E-state index contributed by atoms with van der Waals surface area (Å²) in [5.74, 6) is -1.96. The van der Waals surface area contributed by atoms with Gasteiger partial charge in [0.2, 0.25) is 11.8 Å². The van der Waals surface area contributed by atoms with Crippen molar-refractivity contribution >= 4 is 23.2 Å². The molecule has 0 atom stereocenters. The molecule has 1 N–H and O–H groups in total. The van der Waals surface area contributed by atoms with Gasteiger partial charge in [0, 0.05) is 25.6 Å². The van der Waals surface area contributed by atoms with Crippen molar-refractivity contribution in [3.8, 4) is 5.75 Å². The number of hydrogen-bond acceptors (Lipinski definition) is 3. The lowest BCUT2D eigenvalue weighted by atomic mass is 10.2. The summed E-state index contributed by atoms with van der Waals surface area (Å²) in [6.07, 6.45) is -0.111. The zero-order valence-corrected chi connectivity index (χ0v) is 14.6. The Bertz CT molecular complexity index is 759. The molecule has 0 radical (unpaired) electrons. The Morgan fingerprint density at radius 2 is 1.69 bits per heavy atom. The molecule has 0 spiro atoms. The lowest BCUT2D eigenvalue weighted by molar-refractivity contribution is -0.117. The third-order valence-electron chi connectivity index (χ3n) is 3.60. The number of carbonyl (C=O) groups excluding carboxylic acids is 2. The van der Waals surface area contributed by atoms with Gasteiger partial charge in [0.15, 0.2) is 0 Å². The average Bonchev–Trinajstić information content (AvgIpc) is 2.59. The molecular formula is C19H20F2N2O3. The van der Waals surface area contributed by atoms with Gasteiger partial charge in [-0.25, -0.2) is 8.78 Å². The fourth-order valence-corrected chi connectivity index (χ4v) is 2.41. The van der Waals surface area contributed by atoms with E-state index >= 15 is 0 Å². The van der Waals surface area contributed by atoms with Gasteiger partial charge in [-0.05, 0) is 43.3 Å². The first-order chi connectivity index (χ1) is 12.4. The van der Waals surface area contributed by atoms with Crippen LogP contribution in [0.25, 0.3) is 0 Å². The van der Waals surface area contributed by atoms with E-state index in [1.54, 1.807) is 24.3 Å². The van der Waals surface area contributed by atoms with E-state index in [0.29, 0.717) is 18.0 Å². The molecule has 0 fully saturated rings. The molecular weight excluding hydrogens is 342 g/mol. The first-order valence-electron chi connectivity index (χ1n) is 8.17. The Kier molecular flexibility index (Phi) is 6.66. The van der Waals surface area contributed by atoms with E-state index in [-0.39, 0.29) is 18.9 Å². The maximum absolute atomic E-state index is 13.9. The maximum atomic E-state index is 13.9. The van der Waals surface area contributed by atoms with Crippen molar-refractivity contribution < 1.29 is 23.1 Å². The van der Waals surface area contributed by atoms with Crippen LogP contribution in [0.2, 0.25) is 0 Å². The number of para-hydroxylation sites is 1. The quantitative estimate of drug-likeness (QED) is 0.816. The van der Waals surface area contributed by atoms with Gasteiger partial charge in [-0.3, -0.25) is 9.59 Å². The van der Waals surface area contributed by atoms with E-state index in [0.717, 1.165) is 17.0 Å². The number of amides is 2. The van der Waals surface area contributed by atoms with Crippen molar-refractivity contribution in [2.75, 3.05) is 23.4 Å². The Balaban J connectivity index is 2.00. The van der Waals surface area contributed by atoms with Gasteiger partial charge in [-0.1, -0.05) is 6.07 Å². The predicted octanol–water partition coefficient (Wildman–Crippen LogP) is 3.75. The van der Waals surface area contributed by atoms with Gasteiger partial charge in [0.25, 0.3) is 0 Å². The summed E-state index contributed by atoms with van der Waals surface area (Å²) >= 11 is 0. The third-order valence-corrected chi connectivity index (χ3v) is 3.60. The number of nitrogens with one attached hydrogen (secondary N) is 1. The lowest BCUT2D eigenvalue weighted by Gasteiger charge is -2.22. The van der Waals surface area contributed by atoms with Crippen LogP contribution in [-0.2, 0) is 9.59 Å². The van der Waals surface area contributed by atoms with E-state index < -0.39 is 23.2 Å². The van der Waals surface area contributed by atoms with E-state index in [4.69, 9.17) is 4.74 Å². The van der Waals surface area contributed by atoms with E-state index in [9.17, 15) is 18.4 Å². The molecule has 2 aromatic carbocycles. The van der Waals surface area contributed by atoms with Gasteiger partial charge < -0.3 is 15.0 Å². The highest BCUT2D eigenvalue weighted by Gasteiger charge is 2.20. The minimum atomic E-state index is -0.855. The largest absolute Gasteiger partial charge is 0.494 e. The first kappa shape index (κ1) is 19.4. The molecule has 2 amide bonds. The molecule has 2 rings (SSSR count). The van der Waals surface area contributed by atoms with Crippen LogP contribution in [0.3, 0.4) is 0 Å². The zero-order chi connectivity index (χ0) is 19.1. The van der Waals surface area contributed by atoms with Crippen LogP contribution in [0.4, 0.5) is 20.2 Å². The molecule has 138 valence electrons. The second-order valence-electron chi connectivity index (χ2n) is 5.50. The Morgan fingerprint density at radius 1 is 1.08 bits per heavy atom. The SMILES string of the molecule is CCOc1ccc(NC(=O)CCN(C(C)=O)c2c(F)cccc2F)cc1. The number of benzene rings is 2. The standard InChI is InChI=1S/C19H20F2N2O3/c1-3-26-15-9-7-14(8-10-15)22-18(25)11-12-23(13(2)24)19-16(20)5-4-6-17(19)21/h4-10H,3,11-12H2,1-2H3,(H,22,25). The summed E-state index contributed by atoms with van der Waals surface area (Å²) in [5, 5.41) is 2.67. The molecule has 26 heavy (non-hydrogen) atoms. The fourth-order valence-electron chi connectivity index (χ4n) is 2.41. The highest BCUT2D eigenvalue weighted by Crippen LogP contribution is 2.23. The van der Waals surface area contributed by atoms with E-state index in [1.165, 1.54) is 13.0 Å². The second-order valence-corrected chi connectivity index (χ2v) is 5.50. The number of carbonyl (C=O) groups is 2. The predicted molar refractivity (Wildman–Crippen MR) is 95.2 cm³/mol. The van der Waals surface area contributed by atoms with Crippen LogP contribution in [0.1, 0.15) is 20.3 Å². The molecule has 0 aliphatic heterocycles. The highest BCUT2D eigenvalue weighted by atomic mass is 19.1. The number of nitrogens with zero attached hydrogens (tertiary/aromatic N) is 1. The van der Waals surface area contributed by atoms with Crippen LogP contribution >= 0.6 is 0 Å². The molecule has 0 saturated heterocycles. The molecule has 0 unspecified atom stereocenters. The molecule has 0 heterocycles. The smallest absolute Gasteiger partial charge is 0.226 e. The topological polar surface area (TPSA) is 58.6 Å². The number of halogens is 2.